The summed E-state index contributed by atoms with van der Waals surface area (Å²) >= 11 is 6.48. The van der Waals surface area contributed by atoms with Crippen molar-refractivity contribution < 1.29 is 4.90 Å². The number of imidazole rings is 1. The van der Waals surface area contributed by atoms with Crippen LogP contribution in [0.5, 0.6) is 0 Å². The lowest BCUT2D eigenvalue weighted by molar-refractivity contribution is -0.856. The van der Waals surface area contributed by atoms with Gasteiger partial charge in [0.15, 0.2) is 5.65 Å². The van der Waals surface area contributed by atoms with E-state index in [1.165, 1.54) is 4.90 Å². The van der Waals surface area contributed by atoms with E-state index in [2.05, 4.69) is 29.9 Å². The maximum absolute atomic E-state index is 9.97. The molecule has 0 atom stereocenters. The van der Waals surface area contributed by atoms with E-state index in [4.69, 9.17) is 16.6 Å². The van der Waals surface area contributed by atoms with Crippen molar-refractivity contribution in [3.05, 3.63) is 75.8 Å². The lowest BCUT2D eigenvalue weighted by atomic mass is 9.97. The minimum absolute atomic E-state index is 0.608. The Morgan fingerprint density at radius 2 is 1.87 bits per heavy atom. The first-order chi connectivity index (χ1) is 14.5. The molecule has 6 heteroatoms. The average Bonchev–Trinajstić information content (AvgIpc) is 3.10. The number of aromatic nitrogens is 2. The van der Waals surface area contributed by atoms with Crippen molar-refractivity contribution in [2.75, 3.05) is 32.5 Å². The van der Waals surface area contributed by atoms with E-state index in [0.29, 0.717) is 17.6 Å². The fourth-order valence-corrected chi connectivity index (χ4v) is 4.05. The summed E-state index contributed by atoms with van der Waals surface area (Å²) in [4.78, 5) is 6.15. The van der Waals surface area contributed by atoms with Crippen LogP contribution in [-0.2, 0) is 6.42 Å². The van der Waals surface area contributed by atoms with Gasteiger partial charge in [0, 0.05) is 17.0 Å². The van der Waals surface area contributed by atoms with E-state index in [1.807, 2.05) is 55.5 Å². The molecule has 2 aromatic carbocycles. The summed E-state index contributed by atoms with van der Waals surface area (Å²) in [6, 6.07) is 18.3. The summed E-state index contributed by atoms with van der Waals surface area (Å²) in [6.45, 7) is 3.79. The third-order valence-electron chi connectivity index (χ3n) is 5.48. The number of hydrogen-bond donors (Lipinski definition) is 2. The Balaban J connectivity index is 2.00. The Morgan fingerprint density at radius 1 is 1.13 bits per heavy atom. The van der Waals surface area contributed by atoms with Crippen LogP contribution in [0.3, 0.4) is 0 Å². The second-order valence-corrected chi connectivity index (χ2v) is 8.26. The van der Waals surface area contributed by atoms with Gasteiger partial charge in [-0.15, -0.1) is 0 Å². The molecule has 0 radical (unpaired) electrons. The first-order valence-electron chi connectivity index (χ1n) is 10.1. The van der Waals surface area contributed by atoms with E-state index in [0.717, 1.165) is 51.7 Å². The molecule has 0 aliphatic carbocycles. The van der Waals surface area contributed by atoms with Crippen molar-refractivity contribution in [2.24, 2.45) is 0 Å². The van der Waals surface area contributed by atoms with E-state index in [-0.39, 0.29) is 0 Å². The van der Waals surface area contributed by atoms with Crippen LogP contribution >= 0.6 is 11.6 Å². The zero-order chi connectivity index (χ0) is 21.3. The number of hydrogen-bond acceptors (Lipinski definition) is 3. The number of nitrogens with one attached hydrogen (secondary N) is 2. The molecule has 30 heavy (non-hydrogen) atoms. The summed E-state index contributed by atoms with van der Waals surface area (Å²) in [5.74, 6) is 0.983. The Morgan fingerprint density at radius 3 is 2.60 bits per heavy atom. The highest BCUT2D eigenvalue weighted by molar-refractivity contribution is 6.31. The summed E-state index contributed by atoms with van der Waals surface area (Å²) in [5, 5.41) is 14.4. The van der Waals surface area contributed by atoms with Crippen molar-refractivity contribution >= 4 is 34.1 Å². The Labute approximate surface area is 181 Å². The zero-order valence-electron chi connectivity index (χ0n) is 17.5. The second-order valence-electron chi connectivity index (χ2n) is 7.85. The SMILES string of the molecule is Cc1c(Cc2ccccc2Cl)c(NCC[NH+](C)C)n2c(nc3ccccc32)c1C#N. The highest BCUT2D eigenvalue weighted by Gasteiger charge is 2.21. The van der Waals surface area contributed by atoms with Crippen molar-refractivity contribution in [2.45, 2.75) is 13.3 Å². The predicted octanol–water partition coefficient (Wildman–Crippen LogP) is 3.47. The molecule has 0 spiro atoms. The highest BCUT2D eigenvalue weighted by atomic mass is 35.5. The zero-order valence-corrected chi connectivity index (χ0v) is 18.2. The molecule has 152 valence electrons. The summed E-state index contributed by atoms with van der Waals surface area (Å²) in [6.07, 6.45) is 0.639. The molecule has 0 fully saturated rings. The van der Waals surface area contributed by atoms with E-state index in [1.54, 1.807) is 0 Å². The summed E-state index contributed by atoms with van der Waals surface area (Å²) < 4.78 is 2.10. The molecular weight excluding hydrogens is 394 g/mol. The minimum atomic E-state index is 0.608. The predicted molar refractivity (Wildman–Crippen MR) is 123 cm³/mol. The fraction of sp³-hybridized carbons (Fsp3) is 0.250. The molecule has 2 heterocycles. The largest absolute Gasteiger partial charge is 0.365 e. The topological polar surface area (TPSA) is 57.6 Å². The van der Waals surface area contributed by atoms with Gasteiger partial charge >= 0.3 is 0 Å². The molecule has 0 saturated heterocycles. The normalized spacial score (nSPS) is 11.3. The number of rotatable bonds is 6. The van der Waals surface area contributed by atoms with Crippen molar-refractivity contribution in [3.8, 4) is 6.07 Å². The number of nitriles is 1. The lowest BCUT2D eigenvalue weighted by Crippen LogP contribution is -3.06. The Hall–Kier alpha value is -3.07. The van der Waals surface area contributed by atoms with Crippen LogP contribution in [0.1, 0.15) is 22.3 Å². The molecule has 0 bridgehead atoms. The van der Waals surface area contributed by atoms with E-state index >= 15 is 0 Å². The van der Waals surface area contributed by atoms with Gasteiger partial charge in [0.05, 0.1) is 43.8 Å². The third-order valence-corrected chi connectivity index (χ3v) is 5.84. The van der Waals surface area contributed by atoms with E-state index < -0.39 is 0 Å². The standard InChI is InChI=1S/C24H24ClN5/c1-16-18(14-17-8-4-5-9-20(17)25)23(27-12-13-29(2)3)30-22-11-7-6-10-21(22)28-24(30)19(16)15-26/h4-11,27H,12-14H2,1-3H3/p+1. The first kappa shape index (κ1) is 20.2. The molecule has 0 aliphatic rings. The van der Waals surface area contributed by atoms with Crippen LogP contribution in [0.4, 0.5) is 5.82 Å². The number of fused-ring (bicyclic) bond motifs is 3. The Kier molecular flexibility index (Phi) is 5.63. The molecule has 2 N–H and O–H groups in total. The first-order valence-corrected chi connectivity index (χ1v) is 10.5. The quantitative estimate of drug-likeness (QED) is 0.504. The molecule has 0 amide bonds. The smallest absolute Gasteiger partial charge is 0.157 e. The lowest BCUT2D eigenvalue weighted by Gasteiger charge is -2.20. The maximum atomic E-state index is 9.97. The average molecular weight is 419 g/mol. The number of nitrogens with zero attached hydrogens (tertiary/aromatic N) is 3. The van der Waals surface area contributed by atoms with Gasteiger partial charge in [0.2, 0.25) is 0 Å². The molecule has 5 nitrogen and oxygen atoms in total. The van der Waals surface area contributed by atoms with Gasteiger partial charge in [-0.1, -0.05) is 41.9 Å². The van der Waals surface area contributed by atoms with Crippen LogP contribution in [0.2, 0.25) is 5.02 Å². The van der Waals surface area contributed by atoms with Gasteiger partial charge in [-0.2, -0.15) is 5.26 Å². The number of anilines is 1. The van der Waals surface area contributed by atoms with Crippen LogP contribution < -0.4 is 10.2 Å². The monoisotopic (exact) mass is 418 g/mol. The van der Waals surface area contributed by atoms with Gasteiger partial charge in [-0.25, -0.2) is 4.98 Å². The Bertz CT molecular complexity index is 1270. The molecule has 4 rings (SSSR count). The number of pyridine rings is 1. The molecule has 0 unspecified atom stereocenters. The fourth-order valence-electron chi connectivity index (χ4n) is 3.85. The number of likely N-dealkylation sites (N-methyl/N-ethyl adjacent to an activating group) is 1. The van der Waals surface area contributed by atoms with Crippen LogP contribution in [-0.4, -0.2) is 36.6 Å². The van der Waals surface area contributed by atoms with Gasteiger partial charge in [0.1, 0.15) is 11.9 Å². The number of quaternary nitrogens is 1. The minimum Gasteiger partial charge on any atom is -0.365 e. The van der Waals surface area contributed by atoms with Gasteiger partial charge in [-0.05, 0) is 36.2 Å². The second kappa shape index (κ2) is 8.35. The number of benzene rings is 2. The molecule has 0 aliphatic heterocycles. The van der Waals surface area contributed by atoms with Crippen molar-refractivity contribution in [1.82, 2.24) is 9.38 Å². The summed E-state index contributed by atoms with van der Waals surface area (Å²) in [5.41, 5.74) is 6.23. The maximum Gasteiger partial charge on any atom is 0.157 e. The molecule has 2 aromatic heterocycles. The molecule has 4 aromatic rings. The van der Waals surface area contributed by atoms with Crippen LogP contribution in [0.15, 0.2) is 48.5 Å². The summed E-state index contributed by atoms with van der Waals surface area (Å²) in [7, 11) is 4.27. The van der Waals surface area contributed by atoms with Gasteiger partial charge in [0.25, 0.3) is 0 Å². The van der Waals surface area contributed by atoms with Gasteiger partial charge in [-0.3, -0.25) is 4.40 Å². The third kappa shape index (κ3) is 3.60. The highest BCUT2D eigenvalue weighted by Crippen LogP contribution is 2.33. The van der Waals surface area contributed by atoms with Crippen molar-refractivity contribution in [1.29, 1.82) is 5.26 Å². The number of halogens is 1. The molecular formula is C24H25ClN5+. The molecule has 0 saturated carbocycles. The van der Waals surface area contributed by atoms with Crippen LogP contribution in [0, 0.1) is 18.3 Å². The number of para-hydroxylation sites is 2. The van der Waals surface area contributed by atoms with Crippen LogP contribution in [0.25, 0.3) is 16.7 Å². The van der Waals surface area contributed by atoms with Gasteiger partial charge < -0.3 is 10.2 Å². The van der Waals surface area contributed by atoms with E-state index in [9.17, 15) is 5.26 Å². The van der Waals surface area contributed by atoms with Crippen molar-refractivity contribution in [3.63, 3.8) is 0 Å².